The van der Waals surface area contributed by atoms with Crippen LogP contribution in [0, 0.1) is 6.92 Å². The second-order valence-corrected chi connectivity index (χ2v) is 7.70. The number of carbonyl (C=O) groups excluding carboxylic acids is 1. The molecule has 0 radical (unpaired) electrons. The lowest BCUT2D eigenvalue weighted by atomic mass is 9.93. The van der Waals surface area contributed by atoms with Gasteiger partial charge in [0.1, 0.15) is 5.76 Å². The smallest absolute Gasteiger partial charge is 0.319 e. The second-order valence-electron chi connectivity index (χ2n) is 7.26. The molecule has 2 amide bonds. The molecule has 0 aliphatic rings. The van der Waals surface area contributed by atoms with Crippen molar-refractivity contribution < 1.29 is 18.7 Å². The summed E-state index contributed by atoms with van der Waals surface area (Å²) in [6.07, 6.45) is 4.84. The fraction of sp³-hybridized carbons (Fsp3) is 0.192. The van der Waals surface area contributed by atoms with Crippen molar-refractivity contribution in [2.24, 2.45) is 0 Å². The van der Waals surface area contributed by atoms with Crippen LogP contribution < -0.4 is 10.6 Å². The molecule has 0 spiro atoms. The summed E-state index contributed by atoms with van der Waals surface area (Å²) in [4.78, 5) is 12.7. The molecule has 1 aromatic heterocycles. The zero-order valence-electron chi connectivity index (χ0n) is 18.5. The molecule has 2 aromatic carbocycles. The van der Waals surface area contributed by atoms with E-state index in [0.717, 1.165) is 5.56 Å². The van der Waals surface area contributed by atoms with Crippen LogP contribution in [0.15, 0.2) is 90.6 Å². The van der Waals surface area contributed by atoms with Gasteiger partial charge in [-0.3, -0.25) is 0 Å². The highest BCUT2D eigenvalue weighted by atomic mass is 35.5. The number of halogens is 1. The fourth-order valence-corrected chi connectivity index (χ4v) is 3.45. The third-order valence-electron chi connectivity index (χ3n) is 4.81. The lowest BCUT2D eigenvalue weighted by Crippen LogP contribution is -2.37. The molecule has 2 N–H and O–H groups in total. The number of carbonyl (C=O) groups is 1. The number of benzene rings is 2. The maximum absolute atomic E-state index is 12.7. The largest absolute Gasteiger partial charge is 0.467 e. The zero-order chi connectivity index (χ0) is 23.7. The second kappa shape index (κ2) is 11.5. The third kappa shape index (κ3) is 6.14. The third-order valence-corrected chi connectivity index (χ3v) is 5.07. The van der Waals surface area contributed by atoms with Gasteiger partial charge in [-0.25, -0.2) is 4.79 Å². The van der Waals surface area contributed by atoms with Gasteiger partial charge >= 0.3 is 6.03 Å². The average molecular weight is 467 g/mol. The van der Waals surface area contributed by atoms with Crippen LogP contribution in [0.25, 0.3) is 0 Å². The van der Waals surface area contributed by atoms with E-state index in [0.29, 0.717) is 27.6 Å². The first-order chi connectivity index (χ1) is 16.0. The van der Waals surface area contributed by atoms with Gasteiger partial charge in [-0.15, -0.1) is 13.2 Å². The minimum Gasteiger partial charge on any atom is -0.467 e. The number of aryl methyl sites for hydroxylation is 1. The lowest BCUT2D eigenvalue weighted by Gasteiger charge is -2.36. The van der Waals surface area contributed by atoms with Gasteiger partial charge in [0.25, 0.3) is 0 Å². The Labute approximate surface area is 198 Å². The maximum Gasteiger partial charge on any atom is 0.319 e. The molecule has 3 rings (SSSR count). The SMILES string of the molecule is C=CCOC(OCC=C)(c1ccc(Cl)cc1)c1cc(C)ccc1NC(=O)NCc1ccco1. The number of anilines is 1. The highest BCUT2D eigenvalue weighted by Gasteiger charge is 2.39. The van der Waals surface area contributed by atoms with E-state index < -0.39 is 11.8 Å². The normalized spacial score (nSPS) is 11.1. The van der Waals surface area contributed by atoms with Gasteiger partial charge in [0, 0.05) is 16.1 Å². The average Bonchev–Trinajstić information content (AvgIpc) is 3.34. The van der Waals surface area contributed by atoms with Gasteiger partial charge in [0.05, 0.1) is 31.7 Å². The summed E-state index contributed by atoms with van der Waals surface area (Å²) in [6.45, 7) is 10.2. The molecule has 0 aliphatic heterocycles. The predicted molar refractivity (Wildman–Crippen MR) is 130 cm³/mol. The summed E-state index contributed by atoms with van der Waals surface area (Å²) >= 11 is 6.13. The summed E-state index contributed by atoms with van der Waals surface area (Å²) in [6, 6.07) is 16.0. The van der Waals surface area contributed by atoms with Crippen molar-refractivity contribution in [1.29, 1.82) is 0 Å². The molecule has 33 heavy (non-hydrogen) atoms. The standard InChI is InChI=1S/C26H27ClN2O4/c1-4-14-32-26(33-15-5-2,20-9-11-21(27)12-10-20)23-17-19(3)8-13-24(23)29-25(30)28-18-22-7-6-16-31-22/h4-13,16-17H,1-2,14-15,18H2,3H3,(H2,28,29,30). The summed E-state index contributed by atoms with van der Waals surface area (Å²) in [5.74, 6) is -0.698. The van der Waals surface area contributed by atoms with Crippen LogP contribution in [0.2, 0.25) is 5.02 Å². The number of urea groups is 1. The van der Waals surface area contributed by atoms with Gasteiger partial charge in [-0.05, 0) is 43.3 Å². The van der Waals surface area contributed by atoms with Gasteiger partial charge in [-0.2, -0.15) is 0 Å². The lowest BCUT2D eigenvalue weighted by molar-refractivity contribution is -0.204. The van der Waals surface area contributed by atoms with Crippen LogP contribution in [-0.2, 0) is 21.8 Å². The number of hydrogen-bond acceptors (Lipinski definition) is 4. The van der Waals surface area contributed by atoms with E-state index in [2.05, 4.69) is 23.8 Å². The molecular weight excluding hydrogens is 440 g/mol. The Kier molecular flexibility index (Phi) is 8.49. The molecule has 6 nitrogen and oxygen atoms in total. The number of rotatable bonds is 11. The summed E-state index contributed by atoms with van der Waals surface area (Å²) < 4.78 is 17.8. The quantitative estimate of drug-likeness (QED) is 0.262. The van der Waals surface area contributed by atoms with Crippen molar-refractivity contribution in [3.05, 3.63) is 114 Å². The zero-order valence-corrected chi connectivity index (χ0v) is 19.2. The van der Waals surface area contributed by atoms with Gasteiger partial charge in [0.15, 0.2) is 0 Å². The maximum atomic E-state index is 12.7. The number of ether oxygens (including phenoxy) is 2. The molecule has 0 atom stereocenters. The summed E-state index contributed by atoms with van der Waals surface area (Å²) in [7, 11) is 0. The molecule has 0 fully saturated rings. The van der Waals surface area contributed by atoms with Gasteiger partial charge < -0.3 is 24.5 Å². The molecule has 0 aliphatic carbocycles. The van der Waals surface area contributed by atoms with Crippen molar-refractivity contribution in [1.82, 2.24) is 5.32 Å². The molecule has 3 aromatic rings. The van der Waals surface area contributed by atoms with E-state index in [1.807, 2.05) is 37.3 Å². The Morgan fingerprint density at radius 3 is 2.39 bits per heavy atom. The van der Waals surface area contributed by atoms with Crippen molar-refractivity contribution in [3.63, 3.8) is 0 Å². The molecule has 0 unspecified atom stereocenters. The molecule has 0 saturated carbocycles. The molecule has 0 bridgehead atoms. The molecule has 172 valence electrons. The van der Waals surface area contributed by atoms with Crippen LogP contribution in [-0.4, -0.2) is 19.2 Å². The van der Waals surface area contributed by atoms with Crippen LogP contribution in [0.3, 0.4) is 0 Å². The Balaban J connectivity index is 2.03. The Bertz CT molecular complexity index is 1070. The van der Waals surface area contributed by atoms with Crippen molar-refractivity contribution >= 4 is 23.3 Å². The van der Waals surface area contributed by atoms with Crippen LogP contribution in [0.5, 0.6) is 0 Å². The first-order valence-electron chi connectivity index (χ1n) is 10.4. The minimum atomic E-state index is -1.34. The Hall–Kier alpha value is -3.32. The molecular formula is C26H27ClN2O4. The first kappa shape index (κ1) is 24.3. The first-order valence-corrected chi connectivity index (χ1v) is 10.8. The van der Waals surface area contributed by atoms with Crippen LogP contribution >= 0.6 is 11.6 Å². The summed E-state index contributed by atoms with van der Waals surface area (Å²) in [5.41, 5.74) is 2.83. The van der Waals surface area contributed by atoms with E-state index in [1.54, 1.807) is 42.7 Å². The van der Waals surface area contributed by atoms with Crippen molar-refractivity contribution in [2.45, 2.75) is 19.3 Å². The van der Waals surface area contributed by atoms with Crippen molar-refractivity contribution in [3.8, 4) is 0 Å². The van der Waals surface area contributed by atoms with Crippen molar-refractivity contribution in [2.75, 3.05) is 18.5 Å². The number of amides is 2. The monoisotopic (exact) mass is 466 g/mol. The van der Waals surface area contributed by atoms with Gasteiger partial charge in [-0.1, -0.05) is 47.5 Å². The highest BCUT2D eigenvalue weighted by Crippen LogP contribution is 2.40. The van der Waals surface area contributed by atoms with Crippen LogP contribution in [0.4, 0.5) is 10.5 Å². The molecule has 1 heterocycles. The topological polar surface area (TPSA) is 72.7 Å². The number of furan rings is 1. The van der Waals surface area contributed by atoms with E-state index in [-0.39, 0.29) is 19.8 Å². The van der Waals surface area contributed by atoms with E-state index in [9.17, 15) is 4.79 Å². The summed E-state index contributed by atoms with van der Waals surface area (Å²) in [5, 5.41) is 6.28. The number of hydrogen-bond donors (Lipinski definition) is 2. The highest BCUT2D eigenvalue weighted by molar-refractivity contribution is 6.30. The Morgan fingerprint density at radius 2 is 1.79 bits per heavy atom. The Morgan fingerprint density at radius 1 is 1.09 bits per heavy atom. The van der Waals surface area contributed by atoms with Gasteiger partial charge in [0.2, 0.25) is 5.79 Å². The minimum absolute atomic E-state index is 0.206. The number of nitrogens with one attached hydrogen (secondary N) is 2. The fourth-order valence-electron chi connectivity index (χ4n) is 3.33. The van der Waals surface area contributed by atoms with E-state index in [4.69, 9.17) is 25.5 Å². The van der Waals surface area contributed by atoms with E-state index in [1.165, 1.54) is 0 Å². The predicted octanol–water partition coefficient (Wildman–Crippen LogP) is 6.17. The van der Waals surface area contributed by atoms with E-state index >= 15 is 0 Å². The molecule has 7 heteroatoms. The molecule has 0 saturated heterocycles. The van der Waals surface area contributed by atoms with Crippen LogP contribution in [0.1, 0.15) is 22.5 Å².